The Bertz CT molecular complexity index is 355. The van der Waals surface area contributed by atoms with Gasteiger partial charge in [0.1, 0.15) is 0 Å². The van der Waals surface area contributed by atoms with Crippen LogP contribution in [0.1, 0.15) is 32.8 Å². The highest BCUT2D eigenvalue weighted by molar-refractivity contribution is 5.72. The maximum absolute atomic E-state index is 10.8. The van der Waals surface area contributed by atoms with Crippen LogP contribution in [0.15, 0.2) is 24.3 Å². The molecule has 1 aromatic carbocycles. The third kappa shape index (κ3) is 3.57. The second kappa shape index (κ2) is 5.01. The zero-order valence-electron chi connectivity index (χ0n) is 10.2. The number of anilines is 1. The van der Waals surface area contributed by atoms with Crippen molar-refractivity contribution in [1.82, 2.24) is 5.32 Å². The van der Waals surface area contributed by atoms with Gasteiger partial charge in [0, 0.05) is 19.2 Å². The fraction of sp³-hybridized carbons (Fsp3) is 0.462. The highest BCUT2D eigenvalue weighted by Crippen LogP contribution is 2.26. The quantitative estimate of drug-likeness (QED) is 0.763. The molecule has 1 aromatic rings. The van der Waals surface area contributed by atoms with Crippen molar-refractivity contribution in [2.75, 3.05) is 12.3 Å². The van der Waals surface area contributed by atoms with Gasteiger partial charge in [0.05, 0.1) is 0 Å². The summed E-state index contributed by atoms with van der Waals surface area (Å²) < 4.78 is 0. The average molecular weight is 220 g/mol. The molecule has 0 aliphatic rings. The number of hydrogen-bond donors (Lipinski definition) is 2. The van der Waals surface area contributed by atoms with E-state index in [2.05, 4.69) is 19.2 Å². The maximum Gasteiger partial charge on any atom is 0.216 e. The molecule has 0 spiro atoms. The van der Waals surface area contributed by atoms with E-state index in [1.165, 1.54) is 12.5 Å². The van der Waals surface area contributed by atoms with E-state index >= 15 is 0 Å². The number of nitrogen functional groups attached to an aromatic ring is 1. The minimum absolute atomic E-state index is 0.0214. The molecule has 0 fully saturated rings. The van der Waals surface area contributed by atoms with Crippen molar-refractivity contribution in [3.63, 3.8) is 0 Å². The van der Waals surface area contributed by atoms with Crippen molar-refractivity contribution < 1.29 is 4.79 Å². The van der Waals surface area contributed by atoms with Gasteiger partial charge in [-0.05, 0) is 29.5 Å². The summed E-state index contributed by atoms with van der Waals surface area (Å²) in [5.74, 6) is 0.0214. The molecule has 1 rings (SSSR count). The first-order valence-corrected chi connectivity index (χ1v) is 5.52. The van der Waals surface area contributed by atoms with Gasteiger partial charge in [0.15, 0.2) is 0 Å². The minimum Gasteiger partial charge on any atom is -0.399 e. The molecule has 3 nitrogen and oxygen atoms in total. The van der Waals surface area contributed by atoms with Crippen molar-refractivity contribution in [3.05, 3.63) is 29.8 Å². The molecule has 1 amide bonds. The van der Waals surface area contributed by atoms with Crippen LogP contribution in [0.2, 0.25) is 0 Å². The van der Waals surface area contributed by atoms with Gasteiger partial charge in [-0.1, -0.05) is 26.0 Å². The van der Waals surface area contributed by atoms with Crippen molar-refractivity contribution in [3.8, 4) is 0 Å². The van der Waals surface area contributed by atoms with Crippen molar-refractivity contribution in [1.29, 1.82) is 0 Å². The van der Waals surface area contributed by atoms with Crippen LogP contribution in [-0.4, -0.2) is 12.5 Å². The molecule has 0 unspecified atom stereocenters. The number of benzene rings is 1. The molecule has 0 atom stereocenters. The van der Waals surface area contributed by atoms with Crippen LogP contribution in [0.5, 0.6) is 0 Å². The lowest BCUT2D eigenvalue weighted by molar-refractivity contribution is -0.119. The molecule has 0 aromatic heterocycles. The first-order chi connectivity index (χ1) is 7.42. The highest BCUT2D eigenvalue weighted by atomic mass is 16.1. The second-order valence-electron chi connectivity index (χ2n) is 4.74. The fourth-order valence-corrected chi connectivity index (χ4v) is 1.63. The molecular weight excluding hydrogens is 200 g/mol. The summed E-state index contributed by atoms with van der Waals surface area (Å²) in [5.41, 5.74) is 7.73. The molecule has 3 heteroatoms. The fourth-order valence-electron chi connectivity index (χ4n) is 1.63. The summed E-state index contributed by atoms with van der Waals surface area (Å²) >= 11 is 0. The standard InChI is InChI=1S/C13H20N2O/c1-10(16)15-9-8-13(2,3)11-4-6-12(14)7-5-11/h4-7H,8-9,14H2,1-3H3,(H,15,16). The van der Waals surface area contributed by atoms with Gasteiger partial charge < -0.3 is 11.1 Å². The van der Waals surface area contributed by atoms with Crippen LogP contribution in [0.3, 0.4) is 0 Å². The van der Waals surface area contributed by atoms with Gasteiger partial charge in [-0.25, -0.2) is 0 Å². The molecule has 3 N–H and O–H groups in total. The highest BCUT2D eigenvalue weighted by Gasteiger charge is 2.19. The molecule has 0 saturated heterocycles. The number of carbonyl (C=O) groups excluding carboxylic acids is 1. The van der Waals surface area contributed by atoms with E-state index in [1.807, 2.05) is 24.3 Å². The van der Waals surface area contributed by atoms with Gasteiger partial charge >= 0.3 is 0 Å². The summed E-state index contributed by atoms with van der Waals surface area (Å²) in [4.78, 5) is 10.8. The Kier molecular flexibility index (Phi) is 3.93. The first-order valence-electron chi connectivity index (χ1n) is 5.52. The van der Waals surface area contributed by atoms with Gasteiger partial charge in [-0.3, -0.25) is 4.79 Å². The Labute approximate surface area is 97.0 Å². The lowest BCUT2D eigenvalue weighted by atomic mass is 9.81. The average Bonchev–Trinajstić information content (AvgIpc) is 2.17. The Morgan fingerprint density at radius 1 is 1.31 bits per heavy atom. The molecule has 0 aliphatic heterocycles. The van der Waals surface area contributed by atoms with Gasteiger partial charge in [-0.2, -0.15) is 0 Å². The molecule has 0 bridgehead atoms. The van der Waals surface area contributed by atoms with Crippen LogP contribution in [0, 0.1) is 0 Å². The smallest absolute Gasteiger partial charge is 0.216 e. The lowest BCUT2D eigenvalue weighted by Crippen LogP contribution is -2.28. The Morgan fingerprint density at radius 3 is 2.38 bits per heavy atom. The SMILES string of the molecule is CC(=O)NCCC(C)(C)c1ccc(N)cc1. The second-order valence-corrected chi connectivity index (χ2v) is 4.74. The van der Waals surface area contributed by atoms with Crippen LogP contribution in [0.4, 0.5) is 5.69 Å². The minimum atomic E-state index is 0.0214. The van der Waals surface area contributed by atoms with E-state index in [-0.39, 0.29) is 11.3 Å². The predicted octanol–water partition coefficient (Wildman–Crippen LogP) is 2.07. The summed E-state index contributed by atoms with van der Waals surface area (Å²) in [6.07, 6.45) is 0.913. The molecule has 0 aliphatic carbocycles. The summed E-state index contributed by atoms with van der Waals surface area (Å²) in [5, 5.41) is 2.82. The van der Waals surface area contributed by atoms with Crippen LogP contribution < -0.4 is 11.1 Å². The van der Waals surface area contributed by atoms with E-state index in [4.69, 9.17) is 5.73 Å². The van der Waals surface area contributed by atoms with Gasteiger partial charge in [0.2, 0.25) is 5.91 Å². The summed E-state index contributed by atoms with van der Waals surface area (Å²) in [7, 11) is 0. The molecule has 0 saturated carbocycles. The van der Waals surface area contributed by atoms with E-state index in [9.17, 15) is 4.79 Å². The number of hydrogen-bond acceptors (Lipinski definition) is 2. The predicted molar refractivity (Wildman–Crippen MR) is 67.2 cm³/mol. The van der Waals surface area contributed by atoms with Crippen molar-refractivity contribution in [2.45, 2.75) is 32.6 Å². The van der Waals surface area contributed by atoms with Crippen molar-refractivity contribution >= 4 is 11.6 Å². The van der Waals surface area contributed by atoms with E-state index in [1.54, 1.807) is 0 Å². The molecule has 88 valence electrons. The summed E-state index contributed by atoms with van der Waals surface area (Å²) in [6, 6.07) is 7.91. The Balaban J connectivity index is 2.62. The molecule has 16 heavy (non-hydrogen) atoms. The van der Waals surface area contributed by atoms with Crippen LogP contribution in [-0.2, 0) is 10.2 Å². The third-order valence-corrected chi connectivity index (χ3v) is 2.82. The Morgan fingerprint density at radius 2 is 1.88 bits per heavy atom. The topological polar surface area (TPSA) is 55.1 Å². The maximum atomic E-state index is 10.8. The van der Waals surface area contributed by atoms with E-state index in [0.717, 1.165) is 12.1 Å². The number of carbonyl (C=O) groups is 1. The molecule has 0 heterocycles. The van der Waals surface area contributed by atoms with E-state index in [0.29, 0.717) is 6.54 Å². The molecular formula is C13H20N2O. The number of rotatable bonds is 4. The van der Waals surface area contributed by atoms with Crippen LogP contribution in [0.25, 0.3) is 0 Å². The first kappa shape index (κ1) is 12.6. The summed E-state index contributed by atoms with van der Waals surface area (Å²) in [6.45, 7) is 6.57. The monoisotopic (exact) mass is 220 g/mol. The zero-order valence-corrected chi connectivity index (χ0v) is 10.2. The number of nitrogens with one attached hydrogen (secondary N) is 1. The zero-order chi connectivity index (χ0) is 12.2. The largest absolute Gasteiger partial charge is 0.399 e. The van der Waals surface area contributed by atoms with Gasteiger partial charge in [-0.15, -0.1) is 0 Å². The normalized spacial score (nSPS) is 11.2. The van der Waals surface area contributed by atoms with Crippen LogP contribution >= 0.6 is 0 Å². The third-order valence-electron chi connectivity index (χ3n) is 2.82. The number of nitrogens with two attached hydrogens (primary N) is 1. The van der Waals surface area contributed by atoms with Gasteiger partial charge in [0.25, 0.3) is 0 Å². The Hall–Kier alpha value is -1.51. The lowest BCUT2D eigenvalue weighted by Gasteiger charge is -2.25. The van der Waals surface area contributed by atoms with Crippen molar-refractivity contribution in [2.24, 2.45) is 0 Å². The molecule has 0 radical (unpaired) electrons. The number of amides is 1. The van der Waals surface area contributed by atoms with E-state index < -0.39 is 0 Å².